The van der Waals surface area contributed by atoms with E-state index in [1.165, 1.54) is 19.3 Å². The molecule has 6 aliphatic rings. The van der Waals surface area contributed by atoms with Gasteiger partial charge in [0.15, 0.2) is 0 Å². The average Bonchev–Trinajstić information content (AvgIpc) is 3.32. The Balaban J connectivity index is 1.16. The molecule has 38 heavy (non-hydrogen) atoms. The number of nitrogens with zero attached hydrogens (tertiary/aromatic N) is 1. The lowest BCUT2D eigenvalue weighted by Crippen LogP contribution is -2.60. The first-order valence-corrected chi connectivity index (χ1v) is 15.9. The lowest BCUT2D eigenvalue weighted by atomic mass is 9.44. The highest BCUT2D eigenvalue weighted by molar-refractivity contribution is 5.87. The summed E-state index contributed by atoms with van der Waals surface area (Å²) in [6.07, 6.45) is 10.7. The van der Waals surface area contributed by atoms with Crippen molar-refractivity contribution < 1.29 is 14.3 Å². The maximum absolute atomic E-state index is 14.3. The zero-order valence-electron chi connectivity index (χ0n) is 24.9. The standard InChI is InChI=1S/C32H53N3O3/c1-19-9-13-32(33-18-19)20(2)29-26(38-32)16-25-23-8-7-21-15-22(34-28(37)11-14-35(5)6)10-12-30(21,3)24(23)17-27(36)31(25,29)4/h19-26,29,33H,7-18H2,1-6H3,(H,34,37)/t19-,20-,21+,22-,23+,24-,25-,26-,29-,30-,31+,32+/m0/s1. The lowest BCUT2D eigenvalue weighted by molar-refractivity contribution is -0.160. The number of carbonyl (C=O) groups excluding carboxylic acids is 2. The van der Waals surface area contributed by atoms with Crippen LogP contribution >= 0.6 is 0 Å². The fraction of sp³-hybridized carbons (Fsp3) is 0.938. The van der Waals surface area contributed by atoms with Gasteiger partial charge in [-0.2, -0.15) is 0 Å². The van der Waals surface area contributed by atoms with Gasteiger partial charge in [0.25, 0.3) is 0 Å². The Bertz CT molecular complexity index is 944. The van der Waals surface area contributed by atoms with Gasteiger partial charge < -0.3 is 15.0 Å². The summed E-state index contributed by atoms with van der Waals surface area (Å²) in [4.78, 5) is 28.9. The van der Waals surface area contributed by atoms with E-state index < -0.39 is 0 Å². The first-order chi connectivity index (χ1) is 18.0. The number of piperidine rings is 1. The Labute approximate surface area is 230 Å². The molecule has 2 heterocycles. The summed E-state index contributed by atoms with van der Waals surface area (Å²) in [5.41, 5.74) is -0.233. The molecule has 0 radical (unpaired) electrons. The molecule has 0 aromatic heterocycles. The fourth-order valence-corrected chi connectivity index (χ4v) is 10.9. The van der Waals surface area contributed by atoms with Crippen molar-refractivity contribution in [2.75, 3.05) is 27.2 Å². The molecule has 4 saturated carbocycles. The first kappa shape index (κ1) is 27.2. The number of Topliss-reactive ketones (excluding diaryl/α,β-unsaturated/α-hetero) is 1. The molecule has 214 valence electrons. The van der Waals surface area contributed by atoms with Crippen LogP contribution in [0.15, 0.2) is 0 Å². The molecule has 12 atom stereocenters. The van der Waals surface area contributed by atoms with E-state index in [-0.39, 0.29) is 28.6 Å². The number of hydrogen-bond donors (Lipinski definition) is 2. The van der Waals surface area contributed by atoms with Crippen LogP contribution < -0.4 is 10.6 Å². The van der Waals surface area contributed by atoms with Crippen molar-refractivity contribution in [2.45, 2.75) is 110 Å². The van der Waals surface area contributed by atoms with Crippen LogP contribution in [-0.2, 0) is 14.3 Å². The predicted molar refractivity (Wildman–Crippen MR) is 149 cm³/mol. The highest BCUT2D eigenvalue weighted by Gasteiger charge is 2.71. The van der Waals surface area contributed by atoms with E-state index in [2.05, 4.69) is 43.2 Å². The fourth-order valence-electron chi connectivity index (χ4n) is 10.9. The van der Waals surface area contributed by atoms with E-state index in [1.807, 2.05) is 14.1 Å². The second-order valence-corrected chi connectivity index (χ2v) is 15.3. The lowest BCUT2D eigenvalue weighted by Gasteiger charge is -2.60. The Morgan fingerprint density at radius 2 is 1.87 bits per heavy atom. The van der Waals surface area contributed by atoms with Crippen molar-refractivity contribution in [2.24, 2.45) is 52.3 Å². The molecule has 0 aromatic carbocycles. The van der Waals surface area contributed by atoms with Crippen molar-refractivity contribution in [3.05, 3.63) is 0 Å². The van der Waals surface area contributed by atoms with Crippen molar-refractivity contribution in [3.63, 3.8) is 0 Å². The first-order valence-electron chi connectivity index (χ1n) is 15.9. The molecule has 6 nitrogen and oxygen atoms in total. The van der Waals surface area contributed by atoms with E-state index in [1.54, 1.807) is 0 Å². The molecule has 2 saturated heterocycles. The molecule has 1 spiro atoms. The van der Waals surface area contributed by atoms with Crippen molar-refractivity contribution in [1.82, 2.24) is 15.5 Å². The van der Waals surface area contributed by atoms with Gasteiger partial charge in [0, 0.05) is 49.2 Å². The van der Waals surface area contributed by atoms with Crippen LogP contribution in [0.25, 0.3) is 0 Å². The monoisotopic (exact) mass is 527 g/mol. The number of fused-ring (bicyclic) bond motifs is 7. The molecule has 0 aromatic rings. The zero-order valence-corrected chi connectivity index (χ0v) is 24.9. The van der Waals surface area contributed by atoms with Crippen LogP contribution in [0.1, 0.15) is 91.9 Å². The van der Waals surface area contributed by atoms with Gasteiger partial charge in [-0.3, -0.25) is 14.9 Å². The molecule has 6 rings (SSSR count). The summed E-state index contributed by atoms with van der Waals surface area (Å²) >= 11 is 0. The van der Waals surface area contributed by atoms with Gasteiger partial charge in [-0.1, -0.05) is 27.7 Å². The maximum atomic E-state index is 14.3. The second kappa shape index (κ2) is 9.55. The molecular formula is C32H53N3O3. The summed E-state index contributed by atoms with van der Waals surface area (Å²) < 4.78 is 6.97. The topological polar surface area (TPSA) is 70.7 Å². The molecular weight excluding hydrogens is 474 g/mol. The zero-order chi connectivity index (χ0) is 27.0. The van der Waals surface area contributed by atoms with E-state index in [9.17, 15) is 9.59 Å². The molecule has 0 bridgehead atoms. The minimum absolute atomic E-state index is 0.191. The maximum Gasteiger partial charge on any atom is 0.221 e. The van der Waals surface area contributed by atoms with Crippen molar-refractivity contribution in [1.29, 1.82) is 0 Å². The van der Waals surface area contributed by atoms with E-state index >= 15 is 0 Å². The molecule has 4 aliphatic carbocycles. The third-order valence-electron chi connectivity index (χ3n) is 13.2. The molecule has 1 amide bonds. The number of ether oxygens (including phenoxy) is 1. The van der Waals surface area contributed by atoms with E-state index in [0.717, 1.165) is 51.6 Å². The van der Waals surface area contributed by atoms with Gasteiger partial charge in [0.1, 0.15) is 11.5 Å². The SMILES string of the molecule is C[C@H]1CC[C@@]2(NC1)O[C@H]1C[C@H]3[C@@H]4CC[C@@H]5C[C@@H](NC(=O)CCN(C)C)CC[C@]5(C)[C@H]4CC(=O)[C@]3(C)[C@H]1[C@@H]2C. The summed E-state index contributed by atoms with van der Waals surface area (Å²) in [6, 6.07) is 0.297. The number of amides is 1. The number of carbonyl (C=O) groups is 2. The Kier molecular flexibility index (Phi) is 6.83. The third-order valence-corrected chi connectivity index (χ3v) is 13.2. The minimum atomic E-state index is -0.236. The molecule has 6 heteroatoms. The summed E-state index contributed by atoms with van der Waals surface area (Å²) in [7, 11) is 4.04. The summed E-state index contributed by atoms with van der Waals surface area (Å²) in [6.45, 7) is 11.4. The van der Waals surface area contributed by atoms with Crippen LogP contribution in [0.4, 0.5) is 0 Å². The second-order valence-electron chi connectivity index (χ2n) is 15.3. The van der Waals surface area contributed by atoms with Gasteiger partial charge in [-0.25, -0.2) is 0 Å². The van der Waals surface area contributed by atoms with E-state index in [4.69, 9.17) is 4.74 Å². The Morgan fingerprint density at radius 1 is 1.08 bits per heavy atom. The van der Waals surface area contributed by atoms with Gasteiger partial charge in [-0.15, -0.1) is 0 Å². The number of rotatable bonds is 4. The number of nitrogens with one attached hydrogen (secondary N) is 2. The predicted octanol–water partition coefficient (Wildman–Crippen LogP) is 4.62. The number of hydrogen-bond acceptors (Lipinski definition) is 5. The third kappa shape index (κ3) is 4.05. The molecule has 2 aliphatic heterocycles. The smallest absolute Gasteiger partial charge is 0.221 e. The Morgan fingerprint density at radius 3 is 2.58 bits per heavy atom. The summed E-state index contributed by atoms with van der Waals surface area (Å²) in [5.74, 6) is 4.37. The van der Waals surface area contributed by atoms with Crippen LogP contribution in [0, 0.1) is 52.3 Å². The Hall–Kier alpha value is -0.980. The average molecular weight is 528 g/mol. The quantitative estimate of drug-likeness (QED) is 0.558. The normalized spacial score (nSPS) is 51.9. The molecule has 2 N–H and O–H groups in total. The van der Waals surface area contributed by atoms with Crippen molar-refractivity contribution >= 4 is 11.7 Å². The summed E-state index contributed by atoms with van der Waals surface area (Å²) in [5, 5.41) is 7.17. The van der Waals surface area contributed by atoms with Crippen LogP contribution in [0.2, 0.25) is 0 Å². The largest absolute Gasteiger partial charge is 0.357 e. The van der Waals surface area contributed by atoms with E-state index in [0.29, 0.717) is 59.7 Å². The minimum Gasteiger partial charge on any atom is -0.357 e. The van der Waals surface area contributed by atoms with Gasteiger partial charge in [0.05, 0.1) is 6.10 Å². The van der Waals surface area contributed by atoms with Gasteiger partial charge in [-0.05, 0) is 100 Å². The van der Waals surface area contributed by atoms with Crippen LogP contribution in [0.5, 0.6) is 0 Å². The van der Waals surface area contributed by atoms with Crippen molar-refractivity contribution in [3.8, 4) is 0 Å². The molecule has 0 unspecified atom stereocenters. The van der Waals surface area contributed by atoms with Gasteiger partial charge in [0.2, 0.25) is 5.91 Å². The van der Waals surface area contributed by atoms with Crippen LogP contribution in [-0.4, -0.2) is 61.6 Å². The molecule has 6 fully saturated rings. The van der Waals surface area contributed by atoms with Gasteiger partial charge >= 0.3 is 0 Å². The highest BCUT2D eigenvalue weighted by atomic mass is 16.5. The highest BCUT2D eigenvalue weighted by Crippen LogP contribution is 2.70. The van der Waals surface area contributed by atoms with Crippen LogP contribution in [0.3, 0.4) is 0 Å². The number of ketones is 1.